The molecule has 0 radical (unpaired) electrons. The molecule has 4 nitrogen and oxygen atoms in total. The first kappa shape index (κ1) is 15.6. The third kappa shape index (κ3) is 3.84. The molecule has 0 heterocycles. The molecule has 0 spiro atoms. The molecule has 2 aromatic carbocycles. The minimum atomic E-state index is -3.93. The summed E-state index contributed by atoms with van der Waals surface area (Å²) in [6.45, 7) is 0. The van der Waals surface area contributed by atoms with E-state index in [1.807, 2.05) is 0 Å². The van der Waals surface area contributed by atoms with E-state index in [-0.39, 0.29) is 9.88 Å². The highest BCUT2D eigenvalue weighted by Crippen LogP contribution is 2.18. The van der Waals surface area contributed by atoms with Crippen molar-refractivity contribution in [3.05, 3.63) is 66.0 Å². The van der Waals surface area contributed by atoms with Crippen LogP contribution in [0.4, 0.5) is 4.39 Å². The summed E-state index contributed by atoms with van der Waals surface area (Å²) in [7, 11) is -3.93. The molecule has 0 aromatic heterocycles. The first-order valence-electron chi connectivity index (χ1n) is 6.02. The molecule has 1 atom stereocenters. The number of benzene rings is 2. The van der Waals surface area contributed by atoms with Crippen molar-refractivity contribution in [3.8, 4) is 0 Å². The Balaban J connectivity index is 2.35. The Hall–Kier alpha value is -1.83. The van der Waals surface area contributed by atoms with Crippen molar-refractivity contribution in [2.75, 3.05) is 0 Å². The van der Waals surface area contributed by atoms with Gasteiger partial charge in [-0.1, -0.05) is 48.6 Å². The van der Waals surface area contributed by atoms with Gasteiger partial charge in [-0.2, -0.15) is 4.72 Å². The smallest absolute Gasteiger partial charge is 0.241 e. The molecular weight excluding hydrogens is 311 g/mol. The lowest BCUT2D eigenvalue weighted by Crippen LogP contribution is -2.36. The number of hydrogen-bond acceptors (Lipinski definition) is 3. The third-order valence-corrected chi connectivity index (χ3v) is 4.45. The van der Waals surface area contributed by atoms with E-state index >= 15 is 0 Å². The number of sulfonamides is 1. The molecule has 2 aromatic rings. The Morgan fingerprint density at radius 1 is 1.14 bits per heavy atom. The Kier molecular flexibility index (Phi) is 4.66. The summed E-state index contributed by atoms with van der Waals surface area (Å²) in [4.78, 5) is -0.194. The molecule has 0 bridgehead atoms. The van der Waals surface area contributed by atoms with Gasteiger partial charge in [-0.3, -0.25) is 0 Å². The number of hydrogen-bond donors (Lipinski definition) is 2. The predicted octanol–water partition coefficient (Wildman–Crippen LogP) is 2.13. The minimum Gasteiger partial charge on any atom is -0.392 e. The monoisotopic (exact) mass is 324 g/mol. The molecule has 21 heavy (non-hydrogen) atoms. The minimum absolute atomic E-state index is 0.0128. The number of nitrogens with two attached hydrogens (primary N) is 1. The standard InChI is InChI=1S/C14H13FN2O2S2/c15-11-7-4-8-12(9-11)21(18,19)17-13(14(16)20)10-5-2-1-3-6-10/h1-9,13,17H,(H2,16,20). The zero-order valence-electron chi connectivity index (χ0n) is 10.9. The highest BCUT2D eigenvalue weighted by atomic mass is 32.2. The first-order valence-corrected chi connectivity index (χ1v) is 7.91. The van der Waals surface area contributed by atoms with E-state index in [0.717, 1.165) is 6.07 Å². The van der Waals surface area contributed by atoms with Crippen molar-refractivity contribution >= 4 is 27.2 Å². The van der Waals surface area contributed by atoms with E-state index in [2.05, 4.69) is 4.72 Å². The van der Waals surface area contributed by atoms with Crippen LogP contribution in [0.15, 0.2) is 59.5 Å². The van der Waals surface area contributed by atoms with Gasteiger partial charge < -0.3 is 5.73 Å². The summed E-state index contributed by atoms with van der Waals surface area (Å²) >= 11 is 4.92. The zero-order chi connectivity index (χ0) is 15.5. The Morgan fingerprint density at radius 3 is 2.38 bits per heavy atom. The van der Waals surface area contributed by atoms with Gasteiger partial charge in [-0.25, -0.2) is 12.8 Å². The van der Waals surface area contributed by atoms with E-state index in [1.165, 1.54) is 18.2 Å². The number of halogens is 1. The number of rotatable bonds is 5. The highest BCUT2D eigenvalue weighted by Gasteiger charge is 2.23. The fourth-order valence-corrected chi connectivity index (χ4v) is 3.30. The number of thiocarbonyl (C=S) groups is 1. The largest absolute Gasteiger partial charge is 0.392 e. The van der Waals surface area contributed by atoms with E-state index in [1.54, 1.807) is 30.3 Å². The molecule has 0 amide bonds. The topological polar surface area (TPSA) is 72.2 Å². The lowest BCUT2D eigenvalue weighted by molar-refractivity contribution is 0.574. The Labute approximate surface area is 127 Å². The molecule has 7 heteroatoms. The maximum Gasteiger partial charge on any atom is 0.241 e. The second-order valence-electron chi connectivity index (χ2n) is 4.32. The van der Waals surface area contributed by atoms with Gasteiger partial charge in [0.1, 0.15) is 5.82 Å². The molecule has 0 fully saturated rings. The average Bonchev–Trinajstić information content (AvgIpc) is 2.45. The van der Waals surface area contributed by atoms with Crippen molar-refractivity contribution in [1.82, 2.24) is 4.72 Å². The molecule has 1 unspecified atom stereocenters. The molecule has 3 N–H and O–H groups in total. The summed E-state index contributed by atoms with van der Waals surface area (Å²) in [5, 5.41) is 0. The van der Waals surface area contributed by atoms with Crippen molar-refractivity contribution in [2.45, 2.75) is 10.9 Å². The van der Waals surface area contributed by atoms with Crippen LogP contribution < -0.4 is 10.5 Å². The Bertz CT molecular complexity index is 749. The fraction of sp³-hybridized carbons (Fsp3) is 0.0714. The van der Waals surface area contributed by atoms with E-state index in [0.29, 0.717) is 5.56 Å². The first-order chi connectivity index (χ1) is 9.90. The van der Waals surface area contributed by atoms with Crippen LogP contribution in [0.5, 0.6) is 0 Å². The second-order valence-corrected chi connectivity index (χ2v) is 6.51. The lowest BCUT2D eigenvalue weighted by atomic mass is 10.1. The lowest BCUT2D eigenvalue weighted by Gasteiger charge is -2.18. The van der Waals surface area contributed by atoms with Crippen LogP contribution in [0.1, 0.15) is 11.6 Å². The van der Waals surface area contributed by atoms with Crippen LogP contribution in [-0.2, 0) is 10.0 Å². The second kappa shape index (κ2) is 6.30. The van der Waals surface area contributed by atoms with Gasteiger partial charge in [0.15, 0.2) is 0 Å². The molecule has 0 saturated heterocycles. The van der Waals surface area contributed by atoms with Crippen LogP contribution in [0, 0.1) is 5.82 Å². The maximum absolute atomic E-state index is 13.2. The van der Waals surface area contributed by atoms with Gasteiger partial charge in [0.05, 0.1) is 15.9 Å². The predicted molar refractivity (Wildman–Crippen MR) is 82.7 cm³/mol. The summed E-state index contributed by atoms with van der Waals surface area (Å²) < 4.78 is 40.1. The van der Waals surface area contributed by atoms with Gasteiger partial charge in [0, 0.05) is 0 Å². The van der Waals surface area contributed by atoms with Crippen LogP contribution in [-0.4, -0.2) is 13.4 Å². The Morgan fingerprint density at radius 2 is 1.81 bits per heavy atom. The van der Waals surface area contributed by atoms with Gasteiger partial charge in [-0.15, -0.1) is 0 Å². The third-order valence-electron chi connectivity index (χ3n) is 2.80. The fourth-order valence-electron chi connectivity index (χ4n) is 1.79. The highest BCUT2D eigenvalue weighted by molar-refractivity contribution is 7.89. The molecular formula is C14H13FN2O2S2. The van der Waals surface area contributed by atoms with Gasteiger partial charge in [0.2, 0.25) is 10.0 Å². The van der Waals surface area contributed by atoms with Crippen molar-refractivity contribution < 1.29 is 12.8 Å². The summed E-state index contributed by atoms with van der Waals surface area (Å²) in [5.41, 5.74) is 6.23. The van der Waals surface area contributed by atoms with Crippen LogP contribution >= 0.6 is 12.2 Å². The molecule has 0 aliphatic heterocycles. The van der Waals surface area contributed by atoms with Gasteiger partial charge >= 0.3 is 0 Å². The quantitative estimate of drug-likeness (QED) is 0.827. The maximum atomic E-state index is 13.2. The molecule has 110 valence electrons. The summed E-state index contributed by atoms with van der Waals surface area (Å²) in [6, 6.07) is 12.6. The summed E-state index contributed by atoms with van der Waals surface area (Å²) in [6.07, 6.45) is 0. The molecule has 0 saturated carbocycles. The van der Waals surface area contributed by atoms with E-state index in [4.69, 9.17) is 18.0 Å². The SMILES string of the molecule is NC(=S)C(NS(=O)(=O)c1cccc(F)c1)c1ccccc1. The van der Waals surface area contributed by atoms with Crippen molar-refractivity contribution in [3.63, 3.8) is 0 Å². The van der Waals surface area contributed by atoms with Gasteiger partial charge in [0.25, 0.3) is 0 Å². The van der Waals surface area contributed by atoms with Crippen molar-refractivity contribution in [1.29, 1.82) is 0 Å². The molecule has 0 aliphatic rings. The molecule has 2 rings (SSSR count). The van der Waals surface area contributed by atoms with Crippen molar-refractivity contribution in [2.24, 2.45) is 5.73 Å². The number of nitrogens with one attached hydrogen (secondary N) is 1. The zero-order valence-corrected chi connectivity index (χ0v) is 12.5. The van der Waals surface area contributed by atoms with Crippen LogP contribution in [0.25, 0.3) is 0 Å². The van der Waals surface area contributed by atoms with E-state index < -0.39 is 21.9 Å². The van der Waals surface area contributed by atoms with Gasteiger partial charge in [-0.05, 0) is 23.8 Å². The normalized spacial score (nSPS) is 12.8. The van der Waals surface area contributed by atoms with Crippen LogP contribution in [0.2, 0.25) is 0 Å². The average molecular weight is 324 g/mol. The summed E-state index contributed by atoms with van der Waals surface area (Å²) in [5.74, 6) is -0.635. The molecule has 0 aliphatic carbocycles. The van der Waals surface area contributed by atoms with Crippen LogP contribution in [0.3, 0.4) is 0 Å². The van der Waals surface area contributed by atoms with E-state index in [9.17, 15) is 12.8 Å².